The maximum absolute atomic E-state index is 15.0. The molecule has 0 saturated heterocycles. The molecule has 0 N–H and O–H groups in total. The third-order valence-corrected chi connectivity index (χ3v) is 19.1. The van der Waals surface area contributed by atoms with Crippen LogP contribution in [0.2, 0.25) is 0 Å². The number of benzene rings is 2. The first kappa shape index (κ1) is 86.1. The average molecular weight is 1310 g/mol. The van der Waals surface area contributed by atoms with Gasteiger partial charge in [-0.2, -0.15) is 0 Å². The molecule has 0 aliphatic heterocycles. The van der Waals surface area contributed by atoms with Crippen molar-refractivity contribution < 1.29 is 42.9 Å². The summed E-state index contributed by atoms with van der Waals surface area (Å²) < 4.78 is 24.0. The molecule has 0 amide bonds. The Bertz CT molecular complexity index is 2160. The van der Waals surface area contributed by atoms with Crippen LogP contribution in [-0.4, -0.2) is 56.1 Å². The molecule has 0 aromatic heterocycles. The molecule has 2 rings (SSSR count). The molecule has 0 atom stereocenters. The highest BCUT2D eigenvalue weighted by Gasteiger charge is 2.37. The van der Waals surface area contributed by atoms with E-state index in [1.807, 2.05) is 0 Å². The molecule has 9 heteroatoms. The minimum Gasteiger partial charge on any atom is -0.462 e. The number of carbonyl (C=O) groups is 5. The van der Waals surface area contributed by atoms with Crippen molar-refractivity contribution in [2.24, 2.45) is 23.7 Å². The van der Waals surface area contributed by atoms with E-state index in [1.165, 1.54) is 237 Å². The molecular formula is C85H146O9. The summed E-state index contributed by atoms with van der Waals surface area (Å²) in [6.45, 7) is 18.6. The Labute approximate surface area is 578 Å². The fraction of sp³-hybridized carbons (Fsp3) is 0.800. The van der Waals surface area contributed by atoms with E-state index in [9.17, 15) is 24.0 Å². The van der Waals surface area contributed by atoms with Crippen LogP contribution >= 0.6 is 0 Å². The number of hydrogen-bond acceptors (Lipinski definition) is 9. The van der Waals surface area contributed by atoms with Crippen molar-refractivity contribution in [1.82, 2.24) is 0 Å². The highest BCUT2D eigenvalue weighted by atomic mass is 16.5. The normalized spacial score (nSPS) is 11.6. The molecular weight excluding hydrogens is 1160 g/mol. The zero-order chi connectivity index (χ0) is 68.3. The van der Waals surface area contributed by atoms with Gasteiger partial charge < -0.3 is 18.9 Å². The molecule has 0 spiro atoms. The first-order valence-corrected chi connectivity index (χ1v) is 40.2. The lowest BCUT2D eigenvalue weighted by Crippen LogP contribution is -2.27. The van der Waals surface area contributed by atoms with Crippen LogP contribution in [0.3, 0.4) is 0 Å². The Morgan fingerprint density at radius 1 is 0.245 bits per heavy atom. The quantitative estimate of drug-likeness (QED) is 0.0276. The summed E-state index contributed by atoms with van der Waals surface area (Å²) in [5.74, 6) is -1.14. The zero-order valence-corrected chi connectivity index (χ0v) is 62.5. The predicted molar refractivity (Wildman–Crippen MR) is 397 cm³/mol. The lowest BCUT2D eigenvalue weighted by atomic mass is 9.87. The number of unbranched alkanes of at least 4 members (excludes halogenated alkanes) is 44. The van der Waals surface area contributed by atoms with Crippen molar-refractivity contribution in [3.63, 3.8) is 0 Å². The summed E-state index contributed by atoms with van der Waals surface area (Å²) >= 11 is 0. The molecule has 0 heterocycles. The molecule has 0 unspecified atom stereocenters. The second kappa shape index (κ2) is 60.2. The van der Waals surface area contributed by atoms with Gasteiger partial charge in [0.15, 0.2) is 5.78 Å². The van der Waals surface area contributed by atoms with Crippen LogP contribution in [0, 0.1) is 23.7 Å². The summed E-state index contributed by atoms with van der Waals surface area (Å²) in [4.78, 5) is 74.2. The van der Waals surface area contributed by atoms with Crippen LogP contribution in [0.15, 0.2) is 36.4 Å². The Morgan fingerprint density at radius 2 is 0.447 bits per heavy atom. The third kappa shape index (κ3) is 46.2. The van der Waals surface area contributed by atoms with Gasteiger partial charge in [-0.3, -0.25) is 4.79 Å². The van der Waals surface area contributed by atoms with E-state index in [0.717, 1.165) is 101 Å². The third-order valence-electron chi connectivity index (χ3n) is 19.1. The second-order valence-electron chi connectivity index (χ2n) is 30.0. The fourth-order valence-corrected chi connectivity index (χ4v) is 13.0. The van der Waals surface area contributed by atoms with E-state index in [1.54, 1.807) is 30.3 Å². The van der Waals surface area contributed by atoms with E-state index in [-0.39, 0.29) is 48.7 Å². The van der Waals surface area contributed by atoms with Crippen LogP contribution in [0.4, 0.5) is 0 Å². The van der Waals surface area contributed by atoms with Gasteiger partial charge in [0.1, 0.15) is 0 Å². The minimum absolute atomic E-state index is 0.0324. The summed E-state index contributed by atoms with van der Waals surface area (Å²) in [6, 6.07) is 9.77. The van der Waals surface area contributed by atoms with Crippen molar-refractivity contribution in [2.75, 3.05) is 26.4 Å². The Balaban J connectivity index is 2.34. The van der Waals surface area contributed by atoms with Gasteiger partial charge in [0.05, 0.1) is 48.7 Å². The van der Waals surface area contributed by atoms with Crippen molar-refractivity contribution in [3.8, 4) is 0 Å². The molecule has 2 aromatic rings. The summed E-state index contributed by atoms with van der Waals surface area (Å²) in [5, 5.41) is 0. The first-order valence-electron chi connectivity index (χ1n) is 40.2. The topological polar surface area (TPSA) is 122 Å². The molecule has 0 radical (unpaired) electrons. The monoisotopic (exact) mass is 1310 g/mol. The zero-order valence-electron chi connectivity index (χ0n) is 62.5. The standard InChI is InChI=1S/C85H146O9/c1-71(2)60-50-41-33-25-17-9-13-21-29-37-45-56-66-91-82(87)77-70-76(81(86)75-64-54-49-55-65-75)78(83(88)92-67-57-46-38-30-22-14-10-18-26-34-42-51-61-72(3)4)80(85(90)94-69-59-48-40-32-24-16-12-20-28-36-44-53-63-74(7)8)79(77)84(89)93-68-58-47-39-31-23-15-11-19-27-35-43-52-62-73(5)6/h49,54-55,64-65,70-74H,9-48,50-53,56-63,66-69H2,1-8H3. The van der Waals surface area contributed by atoms with E-state index >= 15 is 0 Å². The van der Waals surface area contributed by atoms with Gasteiger partial charge in [-0.15, -0.1) is 0 Å². The van der Waals surface area contributed by atoms with E-state index in [0.29, 0.717) is 25.7 Å². The second-order valence-corrected chi connectivity index (χ2v) is 30.0. The van der Waals surface area contributed by atoms with E-state index in [2.05, 4.69) is 55.4 Å². The summed E-state index contributed by atoms with van der Waals surface area (Å²) in [5.41, 5.74) is -1.54. The average Bonchev–Trinajstić information content (AvgIpc) is 0.753. The number of esters is 4. The SMILES string of the molecule is CC(C)CCCCCCCCCCCCCCOC(=O)c1cc(C(=O)c2ccccc2)c(C(=O)OCCCCCCCCCCCCCCC(C)C)c(C(=O)OCCCCCCCCCCCCCCC(C)C)c1C(=O)OCCCCCCCCCCCCCCC(C)C. The fourth-order valence-electron chi connectivity index (χ4n) is 13.0. The van der Waals surface area contributed by atoms with Crippen molar-refractivity contribution in [1.29, 1.82) is 0 Å². The van der Waals surface area contributed by atoms with E-state index in [4.69, 9.17) is 18.9 Å². The minimum atomic E-state index is -0.973. The van der Waals surface area contributed by atoms with Gasteiger partial charge in [-0.25, -0.2) is 19.2 Å². The Morgan fingerprint density at radius 3 is 0.691 bits per heavy atom. The van der Waals surface area contributed by atoms with Crippen LogP contribution < -0.4 is 0 Å². The van der Waals surface area contributed by atoms with Crippen molar-refractivity contribution in [3.05, 3.63) is 69.8 Å². The highest BCUT2D eigenvalue weighted by molar-refractivity contribution is 6.22. The van der Waals surface area contributed by atoms with Crippen LogP contribution in [0.1, 0.15) is 447 Å². The number of hydrogen-bond donors (Lipinski definition) is 0. The smallest absolute Gasteiger partial charge is 0.339 e. The lowest BCUT2D eigenvalue weighted by Gasteiger charge is -2.20. The van der Waals surface area contributed by atoms with Crippen LogP contribution in [0.5, 0.6) is 0 Å². The lowest BCUT2D eigenvalue weighted by molar-refractivity contribution is 0.0414. The van der Waals surface area contributed by atoms with Crippen LogP contribution in [-0.2, 0) is 18.9 Å². The number of ether oxygens (including phenoxy) is 4. The van der Waals surface area contributed by atoms with Gasteiger partial charge in [-0.1, -0.05) is 394 Å². The first-order chi connectivity index (χ1) is 45.7. The van der Waals surface area contributed by atoms with Crippen molar-refractivity contribution in [2.45, 2.75) is 389 Å². The number of ketones is 1. The van der Waals surface area contributed by atoms with Gasteiger partial charge in [0.2, 0.25) is 0 Å². The molecule has 9 nitrogen and oxygen atoms in total. The number of carbonyl (C=O) groups excluding carboxylic acids is 5. The van der Waals surface area contributed by atoms with Crippen LogP contribution in [0.25, 0.3) is 0 Å². The van der Waals surface area contributed by atoms with Crippen molar-refractivity contribution >= 4 is 29.7 Å². The molecule has 0 aliphatic carbocycles. The molecule has 94 heavy (non-hydrogen) atoms. The molecule has 0 saturated carbocycles. The van der Waals surface area contributed by atoms with Gasteiger partial charge in [-0.05, 0) is 55.4 Å². The van der Waals surface area contributed by atoms with E-state index < -0.39 is 40.8 Å². The predicted octanol–water partition coefficient (Wildman–Crippen LogP) is 26.5. The molecule has 2 aromatic carbocycles. The summed E-state index contributed by atoms with van der Waals surface area (Å²) in [6.07, 6.45) is 60.7. The Hall–Kier alpha value is -4.01. The number of rotatable bonds is 66. The maximum Gasteiger partial charge on any atom is 0.339 e. The largest absolute Gasteiger partial charge is 0.462 e. The molecule has 540 valence electrons. The molecule has 0 aliphatic rings. The Kier molecular flexibility index (Phi) is 55.1. The maximum atomic E-state index is 15.0. The molecule has 0 fully saturated rings. The van der Waals surface area contributed by atoms with Gasteiger partial charge in [0, 0.05) is 11.1 Å². The van der Waals surface area contributed by atoms with Gasteiger partial charge in [0.25, 0.3) is 0 Å². The van der Waals surface area contributed by atoms with Gasteiger partial charge >= 0.3 is 23.9 Å². The highest BCUT2D eigenvalue weighted by Crippen LogP contribution is 2.31. The summed E-state index contributed by atoms with van der Waals surface area (Å²) in [7, 11) is 0. The molecule has 0 bridgehead atoms.